The van der Waals surface area contributed by atoms with Gasteiger partial charge in [-0.1, -0.05) is 32.4 Å². The van der Waals surface area contributed by atoms with Crippen molar-refractivity contribution in [3.63, 3.8) is 0 Å². The Morgan fingerprint density at radius 2 is 1.89 bits per heavy atom. The lowest BCUT2D eigenvalue weighted by molar-refractivity contribution is 0.0921. The first-order valence-electron chi connectivity index (χ1n) is 7.18. The van der Waals surface area contributed by atoms with Crippen LogP contribution in [0.25, 0.3) is 0 Å². The van der Waals surface area contributed by atoms with Crippen LogP contribution >= 0.6 is 22.9 Å². The van der Waals surface area contributed by atoms with Gasteiger partial charge in [-0.05, 0) is 52.0 Å². The monoisotopic (exact) mass is 302 g/mol. The minimum Gasteiger partial charge on any atom is -0.312 e. The van der Waals surface area contributed by atoms with Gasteiger partial charge >= 0.3 is 0 Å². The van der Waals surface area contributed by atoms with Crippen LogP contribution < -0.4 is 5.32 Å². The van der Waals surface area contributed by atoms with Crippen LogP contribution in [0, 0.1) is 0 Å². The van der Waals surface area contributed by atoms with E-state index in [1.165, 1.54) is 4.88 Å². The largest absolute Gasteiger partial charge is 0.312 e. The van der Waals surface area contributed by atoms with Crippen LogP contribution in [-0.2, 0) is 6.42 Å². The van der Waals surface area contributed by atoms with Gasteiger partial charge in [0, 0.05) is 16.5 Å². The lowest BCUT2D eigenvalue weighted by atomic mass is 9.89. The van der Waals surface area contributed by atoms with E-state index in [1.54, 1.807) is 11.3 Å². The summed E-state index contributed by atoms with van der Waals surface area (Å²) >= 11 is 7.73. The third-order valence-corrected chi connectivity index (χ3v) is 5.17. The highest BCUT2D eigenvalue weighted by Crippen LogP contribution is 2.27. The van der Waals surface area contributed by atoms with Crippen molar-refractivity contribution in [3.05, 3.63) is 21.3 Å². The number of halogens is 1. The number of hydrogen-bond acceptors (Lipinski definition) is 3. The molecule has 0 radical (unpaired) electrons. The fraction of sp³-hybridized carbons (Fsp3) is 0.733. The standard InChI is InChI=1S/C15H27ClN2S/c1-6-17-13(11-12-9-10-14(16)19-12)15(4,5)18(7-2)8-3/h9-10,13,17H,6-8,11H2,1-5H3. The third kappa shape index (κ3) is 4.45. The molecule has 0 aliphatic carbocycles. The summed E-state index contributed by atoms with van der Waals surface area (Å²) in [6.45, 7) is 14.5. The maximum Gasteiger partial charge on any atom is 0.0931 e. The maximum absolute atomic E-state index is 6.04. The Kier molecular flexibility index (Phi) is 6.81. The van der Waals surface area contributed by atoms with Crippen LogP contribution in [0.3, 0.4) is 0 Å². The molecule has 0 spiro atoms. The molecule has 0 aromatic carbocycles. The fourth-order valence-electron chi connectivity index (χ4n) is 2.74. The van der Waals surface area contributed by atoms with Crippen LogP contribution in [0.15, 0.2) is 12.1 Å². The van der Waals surface area contributed by atoms with Gasteiger partial charge in [-0.25, -0.2) is 0 Å². The Morgan fingerprint density at radius 3 is 2.32 bits per heavy atom. The van der Waals surface area contributed by atoms with Crippen molar-refractivity contribution in [2.24, 2.45) is 0 Å². The van der Waals surface area contributed by atoms with E-state index in [0.717, 1.165) is 30.4 Å². The van der Waals surface area contributed by atoms with E-state index in [0.29, 0.717) is 6.04 Å². The molecule has 1 unspecified atom stereocenters. The molecule has 0 amide bonds. The van der Waals surface area contributed by atoms with E-state index < -0.39 is 0 Å². The van der Waals surface area contributed by atoms with Crippen LogP contribution in [0.4, 0.5) is 0 Å². The first kappa shape index (κ1) is 17.0. The quantitative estimate of drug-likeness (QED) is 0.779. The van der Waals surface area contributed by atoms with Gasteiger partial charge in [0.05, 0.1) is 4.34 Å². The molecule has 2 nitrogen and oxygen atoms in total. The molecule has 0 saturated heterocycles. The van der Waals surface area contributed by atoms with Crippen LogP contribution in [0.1, 0.15) is 39.5 Å². The smallest absolute Gasteiger partial charge is 0.0931 e. The number of likely N-dealkylation sites (N-methyl/N-ethyl adjacent to an activating group) is 2. The Bertz CT molecular complexity index is 372. The second kappa shape index (κ2) is 7.63. The molecule has 110 valence electrons. The normalized spacial score (nSPS) is 14.1. The Labute approximate surface area is 127 Å². The lowest BCUT2D eigenvalue weighted by Gasteiger charge is -2.43. The minimum absolute atomic E-state index is 0.135. The predicted molar refractivity (Wildman–Crippen MR) is 87.5 cm³/mol. The van der Waals surface area contributed by atoms with Crippen molar-refractivity contribution in [2.45, 2.75) is 52.6 Å². The van der Waals surface area contributed by atoms with Gasteiger partial charge in [0.25, 0.3) is 0 Å². The second-order valence-corrected chi connectivity index (χ2v) is 7.15. The first-order chi connectivity index (χ1) is 8.95. The minimum atomic E-state index is 0.135. The van der Waals surface area contributed by atoms with E-state index in [4.69, 9.17) is 11.6 Å². The molecule has 0 fully saturated rings. The van der Waals surface area contributed by atoms with Gasteiger partial charge < -0.3 is 5.32 Å². The molecule has 1 rings (SSSR count). The van der Waals surface area contributed by atoms with Crippen molar-refractivity contribution in [1.82, 2.24) is 10.2 Å². The molecule has 1 N–H and O–H groups in total. The van der Waals surface area contributed by atoms with Crippen molar-refractivity contribution < 1.29 is 0 Å². The van der Waals surface area contributed by atoms with Crippen molar-refractivity contribution in [3.8, 4) is 0 Å². The predicted octanol–water partition coefficient (Wildman–Crippen LogP) is 4.04. The van der Waals surface area contributed by atoms with Crippen molar-refractivity contribution in [2.75, 3.05) is 19.6 Å². The number of rotatable bonds is 8. The molecular formula is C15H27ClN2S. The number of hydrogen-bond donors (Lipinski definition) is 1. The van der Waals surface area contributed by atoms with Gasteiger partial charge in [0.2, 0.25) is 0 Å². The van der Waals surface area contributed by atoms with Crippen LogP contribution in [0.2, 0.25) is 4.34 Å². The zero-order valence-corrected chi connectivity index (χ0v) is 14.4. The van der Waals surface area contributed by atoms with E-state index >= 15 is 0 Å². The summed E-state index contributed by atoms with van der Waals surface area (Å²) in [6, 6.07) is 4.58. The Hall–Kier alpha value is -0.0900. The summed E-state index contributed by atoms with van der Waals surface area (Å²) < 4.78 is 0.880. The third-order valence-electron chi connectivity index (χ3n) is 3.92. The van der Waals surface area contributed by atoms with Crippen LogP contribution in [0.5, 0.6) is 0 Å². The lowest BCUT2D eigenvalue weighted by Crippen LogP contribution is -2.58. The van der Waals surface area contributed by atoms with E-state index in [-0.39, 0.29) is 5.54 Å². The van der Waals surface area contributed by atoms with E-state index in [9.17, 15) is 0 Å². The molecule has 1 heterocycles. The highest BCUT2D eigenvalue weighted by Gasteiger charge is 2.33. The molecule has 4 heteroatoms. The van der Waals surface area contributed by atoms with E-state index in [1.807, 2.05) is 6.07 Å². The topological polar surface area (TPSA) is 15.3 Å². The Balaban J connectivity index is 2.86. The summed E-state index contributed by atoms with van der Waals surface area (Å²) in [5, 5.41) is 3.65. The molecular weight excluding hydrogens is 276 g/mol. The highest BCUT2D eigenvalue weighted by molar-refractivity contribution is 7.16. The zero-order valence-electron chi connectivity index (χ0n) is 12.8. The number of nitrogens with zero attached hydrogens (tertiary/aromatic N) is 1. The molecule has 1 aromatic rings. The summed E-state index contributed by atoms with van der Waals surface area (Å²) in [5.74, 6) is 0. The highest BCUT2D eigenvalue weighted by atomic mass is 35.5. The summed E-state index contributed by atoms with van der Waals surface area (Å²) in [7, 11) is 0. The first-order valence-corrected chi connectivity index (χ1v) is 8.37. The maximum atomic E-state index is 6.04. The van der Waals surface area contributed by atoms with Crippen LogP contribution in [-0.4, -0.2) is 36.1 Å². The molecule has 1 aromatic heterocycles. The van der Waals surface area contributed by atoms with Gasteiger partial charge in [0.15, 0.2) is 0 Å². The number of thiophene rings is 1. The SMILES string of the molecule is CCNC(Cc1ccc(Cl)s1)C(C)(C)N(CC)CC. The van der Waals surface area contributed by atoms with Gasteiger partial charge in [-0.2, -0.15) is 0 Å². The molecule has 0 aliphatic rings. The molecule has 0 saturated carbocycles. The van der Waals surface area contributed by atoms with Gasteiger partial charge in [-0.3, -0.25) is 4.90 Å². The van der Waals surface area contributed by atoms with Gasteiger partial charge in [0.1, 0.15) is 0 Å². The summed E-state index contributed by atoms with van der Waals surface area (Å²) in [4.78, 5) is 3.88. The summed E-state index contributed by atoms with van der Waals surface area (Å²) in [5.41, 5.74) is 0.135. The van der Waals surface area contributed by atoms with Crippen molar-refractivity contribution in [1.29, 1.82) is 0 Å². The molecule has 0 bridgehead atoms. The zero-order chi connectivity index (χ0) is 14.5. The van der Waals surface area contributed by atoms with E-state index in [2.05, 4.69) is 50.9 Å². The Morgan fingerprint density at radius 1 is 1.26 bits per heavy atom. The number of nitrogens with one attached hydrogen (secondary N) is 1. The molecule has 1 atom stereocenters. The average Bonchev–Trinajstić information content (AvgIpc) is 2.75. The van der Waals surface area contributed by atoms with Gasteiger partial charge in [-0.15, -0.1) is 11.3 Å². The fourth-order valence-corrected chi connectivity index (χ4v) is 3.87. The van der Waals surface area contributed by atoms with Crippen molar-refractivity contribution >= 4 is 22.9 Å². The second-order valence-electron chi connectivity index (χ2n) is 5.35. The molecule has 19 heavy (non-hydrogen) atoms. The summed E-state index contributed by atoms with van der Waals surface area (Å²) in [6.07, 6.45) is 1.04. The molecule has 0 aliphatic heterocycles. The average molecular weight is 303 g/mol.